The molecule has 0 aliphatic carbocycles. The second-order valence-electron chi connectivity index (χ2n) is 0.500. The predicted molar refractivity (Wildman–Crippen MR) is 18.0 cm³/mol. The van der Waals surface area contributed by atoms with Crippen LogP contribution in [0.4, 0.5) is 0 Å². The maximum atomic E-state index is 8.52. The summed E-state index contributed by atoms with van der Waals surface area (Å²) in [5.74, 6) is 0. The summed E-state index contributed by atoms with van der Waals surface area (Å²) in [6.07, 6.45) is 0. The summed E-state index contributed by atoms with van der Waals surface area (Å²) in [4.78, 5) is 34.1. The van der Waals surface area contributed by atoms with Crippen molar-refractivity contribution in [1.82, 2.24) is 0 Å². The maximum Gasteiger partial charge on any atom is 4.00 e. The third kappa shape index (κ3) is 480. The molecule has 0 atom stereocenters. The summed E-state index contributed by atoms with van der Waals surface area (Å²) >= 11 is 0. The average molecular weight is 258 g/mol. The molecule has 9 heteroatoms. The van der Waals surface area contributed by atoms with Gasteiger partial charge in [0.25, 0.3) is 0 Å². The molecule has 1 radical (unpaired) electrons. The minimum atomic E-state index is -3.63. The van der Waals surface area contributed by atoms with E-state index in [1.807, 2.05) is 0 Å². The fourth-order valence-electron chi connectivity index (χ4n) is 0. The molecule has 0 bridgehead atoms. The Kier molecular flexibility index (Phi) is 21.5. The van der Waals surface area contributed by atoms with Crippen LogP contribution in [0.2, 0.25) is 0 Å². The van der Waals surface area contributed by atoms with Crippen LogP contribution in [-0.4, -0.2) is 0 Å². The Bertz CT molecular complexity index is 69.1. The van der Waals surface area contributed by atoms with Crippen LogP contribution in [0.15, 0.2) is 0 Å². The number of hydrogen-bond acceptors (Lipinski definition) is 6. The van der Waals surface area contributed by atoms with Crippen molar-refractivity contribution in [1.29, 1.82) is 0 Å². The van der Waals surface area contributed by atoms with E-state index in [4.69, 9.17) is 28.7 Å². The Labute approximate surface area is 65.8 Å². The summed E-state index contributed by atoms with van der Waals surface area (Å²) in [6, 6.07) is 0. The topological polar surface area (TPSA) is 126 Å². The molecule has 0 amide bonds. The molecule has 0 heterocycles. The van der Waals surface area contributed by atoms with E-state index >= 15 is 0 Å². The molecule has 0 aromatic rings. The Morgan fingerprint density at radius 3 is 0.778 bits per heavy atom. The Morgan fingerprint density at radius 1 is 0.778 bits per heavy atom. The van der Waals surface area contributed by atoms with Crippen LogP contribution in [0.1, 0.15) is 0 Å². The summed E-state index contributed by atoms with van der Waals surface area (Å²) in [7, 11) is -7.26. The summed E-state index contributed by atoms with van der Waals surface area (Å²) in [5, 5.41) is 0. The fourth-order valence-corrected chi connectivity index (χ4v) is 0. The van der Waals surface area contributed by atoms with E-state index in [9.17, 15) is 0 Å². The normalized spacial score (nSPS) is 7.78. The van der Waals surface area contributed by atoms with Gasteiger partial charge < -0.3 is 28.7 Å². The second kappa shape index (κ2) is 11.7. The van der Waals surface area contributed by atoms with Crippen molar-refractivity contribution in [3.63, 3.8) is 0 Å². The second-order valence-corrected chi connectivity index (χ2v) is 1.50. The summed E-state index contributed by atoms with van der Waals surface area (Å²) in [6.45, 7) is 0. The minimum absolute atomic E-state index is 0. The summed E-state index contributed by atoms with van der Waals surface area (Å²) < 4.78 is 17.0. The molecule has 0 aliphatic rings. The van der Waals surface area contributed by atoms with Crippen LogP contribution in [0.25, 0.3) is 0 Å². The summed E-state index contributed by atoms with van der Waals surface area (Å²) in [5.41, 5.74) is 0. The zero-order valence-corrected chi connectivity index (χ0v) is 7.69. The average Bonchev–Trinajstić information content (AvgIpc) is 1.25. The van der Waals surface area contributed by atoms with Crippen molar-refractivity contribution in [2.75, 3.05) is 0 Å². The molecule has 55 valence electrons. The van der Waals surface area contributed by atoms with Gasteiger partial charge in [-0.25, -0.2) is 0 Å². The maximum absolute atomic E-state index is 8.52. The van der Waals surface area contributed by atoms with Crippen LogP contribution >= 0.6 is 16.5 Å². The molecular formula is H2O6P2Tc. The van der Waals surface area contributed by atoms with Gasteiger partial charge in [0, 0.05) is 0 Å². The predicted octanol–water partition coefficient (Wildman–Crippen LogP) is -3.81. The van der Waals surface area contributed by atoms with Crippen molar-refractivity contribution < 1.29 is 48.8 Å². The zero-order valence-electron chi connectivity index (χ0n) is 3.83. The van der Waals surface area contributed by atoms with Crippen molar-refractivity contribution in [2.24, 2.45) is 0 Å². The van der Waals surface area contributed by atoms with Crippen molar-refractivity contribution in [3.05, 3.63) is 0 Å². The molecule has 0 rings (SSSR count). The first kappa shape index (κ1) is 16.5. The van der Waals surface area contributed by atoms with Gasteiger partial charge in [0.1, 0.15) is 0 Å². The SMILES string of the molecule is O=[PH]([O-])[O-].O=[PH]([O-])[O-].[Tc+4]. The smallest absolute Gasteiger partial charge is 0.813 e. The molecule has 0 unspecified atom stereocenters. The van der Waals surface area contributed by atoms with Crippen LogP contribution in [-0.2, 0) is 29.2 Å². The van der Waals surface area contributed by atoms with Gasteiger partial charge in [-0.15, -0.1) is 0 Å². The van der Waals surface area contributed by atoms with Gasteiger partial charge >= 0.3 is 20.1 Å². The van der Waals surface area contributed by atoms with Crippen molar-refractivity contribution >= 4 is 16.5 Å². The van der Waals surface area contributed by atoms with E-state index in [0.29, 0.717) is 0 Å². The van der Waals surface area contributed by atoms with Crippen LogP contribution in [0, 0.1) is 0 Å². The quantitative estimate of drug-likeness (QED) is 0.410. The van der Waals surface area contributed by atoms with E-state index in [-0.39, 0.29) is 20.1 Å². The standard InChI is InChI=1S/2H3O3P.Tc/c2*1-4(2)3;/h2*4H,(H2,1,2,3);/q;;+4/p-4. The van der Waals surface area contributed by atoms with Gasteiger partial charge in [-0.3, -0.25) is 0 Å². The first-order valence-corrected chi connectivity index (χ1v) is 3.67. The molecule has 0 fully saturated rings. The molecule has 0 saturated heterocycles. The molecule has 0 saturated carbocycles. The Hall–Kier alpha value is 0.949. The van der Waals surface area contributed by atoms with E-state index in [0.717, 1.165) is 0 Å². The van der Waals surface area contributed by atoms with Gasteiger partial charge in [0.2, 0.25) is 0 Å². The number of hydrogen-bond donors (Lipinski definition) is 0. The third-order valence-electron chi connectivity index (χ3n) is 0. The van der Waals surface area contributed by atoms with E-state index in [1.54, 1.807) is 0 Å². The first-order chi connectivity index (χ1) is 3.46. The molecule has 0 aliphatic heterocycles. The van der Waals surface area contributed by atoms with Gasteiger partial charge in [-0.05, 0) is 0 Å². The third-order valence-corrected chi connectivity index (χ3v) is 0. The van der Waals surface area contributed by atoms with Gasteiger partial charge in [0.15, 0.2) is 0 Å². The Balaban J connectivity index is -0.0000000720. The molecule has 0 aromatic carbocycles. The molecular weight excluding hydrogens is 256 g/mol. The van der Waals surface area contributed by atoms with Crippen LogP contribution < -0.4 is 19.6 Å². The minimum Gasteiger partial charge on any atom is -0.813 e. The molecule has 0 aromatic heterocycles. The zero-order chi connectivity index (χ0) is 7.15. The van der Waals surface area contributed by atoms with Gasteiger partial charge in [-0.2, -0.15) is 0 Å². The van der Waals surface area contributed by atoms with Crippen molar-refractivity contribution in [2.45, 2.75) is 0 Å². The largest absolute Gasteiger partial charge is 4.00 e. The molecule has 0 N–H and O–H groups in total. The van der Waals surface area contributed by atoms with E-state index < -0.39 is 16.5 Å². The molecule has 6 nitrogen and oxygen atoms in total. The van der Waals surface area contributed by atoms with E-state index in [2.05, 4.69) is 0 Å². The van der Waals surface area contributed by atoms with Gasteiger partial charge in [0.05, 0.1) is 0 Å². The first-order valence-electron chi connectivity index (χ1n) is 1.22. The van der Waals surface area contributed by atoms with E-state index in [1.165, 1.54) is 0 Å². The molecule has 0 spiro atoms. The molecule has 9 heavy (non-hydrogen) atoms. The van der Waals surface area contributed by atoms with Crippen LogP contribution in [0.3, 0.4) is 0 Å². The van der Waals surface area contributed by atoms with Gasteiger partial charge in [-0.1, -0.05) is 16.5 Å². The van der Waals surface area contributed by atoms with Crippen molar-refractivity contribution in [3.8, 4) is 0 Å². The Morgan fingerprint density at radius 2 is 0.778 bits per heavy atom. The fraction of sp³-hybridized carbons (Fsp3) is 0. The monoisotopic (exact) mass is 257 g/mol. The van der Waals surface area contributed by atoms with Crippen LogP contribution in [0.5, 0.6) is 0 Å². The number of rotatable bonds is 0.